The van der Waals surface area contributed by atoms with Crippen LogP contribution < -0.4 is 0 Å². The lowest BCUT2D eigenvalue weighted by Gasteiger charge is -2.32. The maximum absolute atomic E-state index is 13.1. The number of amides is 1. The quantitative estimate of drug-likeness (QED) is 0.560. The molecule has 1 saturated heterocycles. The van der Waals surface area contributed by atoms with Gasteiger partial charge in [0.1, 0.15) is 11.8 Å². The molecule has 4 rings (SSSR count). The Balaban J connectivity index is 1.53. The van der Waals surface area contributed by atoms with E-state index in [1.807, 2.05) is 38.1 Å². The molecule has 1 atom stereocenters. The smallest absolute Gasteiger partial charge is 0.293 e. The van der Waals surface area contributed by atoms with Crippen LogP contribution in [0.1, 0.15) is 78.5 Å². The molecule has 3 aromatic rings. The largest absolute Gasteiger partial charge is 0.443 e. The van der Waals surface area contributed by atoms with Gasteiger partial charge in [-0.25, -0.2) is 4.98 Å². The highest BCUT2D eigenvalue weighted by Crippen LogP contribution is 2.32. The molecular formula is C22H24ClN3O3. The van der Waals surface area contributed by atoms with Crippen LogP contribution in [-0.2, 0) is 6.42 Å². The van der Waals surface area contributed by atoms with Crippen molar-refractivity contribution in [2.75, 3.05) is 6.54 Å². The molecule has 0 aliphatic carbocycles. The Kier molecular flexibility index (Phi) is 5.72. The molecule has 6 nitrogen and oxygen atoms in total. The van der Waals surface area contributed by atoms with E-state index in [9.17, 15) is 4.79 Å². The summed E-state index contributed by atoms with van der Waals surface area (Å²) in [5.74, 6) is 1.63. The predicted molar refractivity (Wildman–Crippen MR) is 109 cm³/mol. The molecular weight excluding hydrogens is 390 g/mol. The number of hydrogen-bond acceptors (Lipinski definition) is 5. The Bertz CT molecular complexity index is 995. The highest BCUT2D eigenvalue weighted by molar-refractivity contribution is 6.30. The van der Waals surface area contributed by atoms with Crippen molar-refractivity contribution < 1.29 is 13.7 Å². The number of benzene rings is 1. The zero-order valence-electron chi connectivity index (χ0n) is 16.6. The van der Waals surface area contributed by atoms with E-state index in [2.05, 4.69) is 10.1 Å². The van der Waals surface area contributed by atoms with Gasteiger partial charge in [-0.15, -0.1) is 0 Å². The molecule has 0 radical (unpaired) electrons. The van der Waals surface area contributed by atoms with Crippen LogP contribution in [0.2, 0.25) is 5.02 Å². The Hall–Kier alpha value is -2.60. The SMILES string of the molecule is CC(C)c1cc(C(=O)N2CCCC[C@H]2c2ncc(Cc3cccc(Cl)c3)o2)on1. The van der Waals surface area contributed by atoms with E-state index in [0.717, 1.165) is 36.3 Å². The number of halogens is 1. The molecule has 0 bridgehead atoms. The van der Waals surface area contributed by atoms with Crippen LogP contribution in [0, 0.1) is 0 Å². The summed E-state index contributed by atoms with van der Waals surface area (Å²) in [4.78, 5) is 19.3. The fourth-order valence-corrected chi connectivity index (χ4v) is 3.85. The molecule has 152 valence electrons. The molecule has 1 amide bonds. The first-order valence-electron chi connectivity index (χ1n) is 9.98. The molecule has 0 saturated carbocycles. The molecule has 29 heavy (non-hydrogen) atoms. The van der Waals surface area contributed by atoms with Gasteiger partial charge in [0.25, 0.3) is 5.91 Å². The molecule has 3 heterocycles. The first-order valence-corrected chi connectivity index (χ1v) is 10.4. The summed E-state index contributed by atoms with van der Waals surface area (Å²) in [5, 5.41) is 4.71. The molecule has 1 aromatic carbocycles. The molecule has 0 spiro atoms. The first kappa shape index (κ1) is 19.7. The number of oxazole rings is 1. The van der Waals surface area contributed by atoms with Gasteiger partial charge in [0.2, 0.25) is 11.7 Å². The van der Waals surface area contributed by atoms with Crippen LogP contribution in [0.4, 0.5) is 0 Å². The van der Waals surface area contributed by atoms with E-state index in [0.29, 0.717) is 23.9 Å². The van der Waals surface area contributed by atoms with Gasteiger partial charge in [-0.2, -0.15) is 0 Å². The summed E-state index contributed by atoms with van der Waals surface area (Å²) in [7, 11) is 0. The predicted octanol–water partition coefficient (Wildman–Crippen LogP) is 5.40. The fraction of sp³-hybridized carbons (Fsp3) is 0.409. The number of nitrogens with zero attached hydrogens (tertiary/aromatic N) is 3. The summed E-state index contributed by atoms with van der Waals surface area (Å²) < 4.78 is 11.3. The molecule has 0 N–H and O–H groups in total. The molecule has 0 unspecified atom stereocenters. The number of rotatable bonds is 5. The summed E-state index contributed by atoms with van der Waals surface area (Å²) in [6.07, 6.45) is 5.12. The number of likely N-dealkylation sites (tertiary alicyclic amines) is 1. The topological polar surface area (TPSA) is 72.4 Å². The lowest BCUT2D eigenvalue weighted by molar-refractivity contribution is 0.0528. The van der Waals surface area contributed by atoms with Gasteiger partial charge in [-0.3, -0.25) is 4.79 Å². The number of carbonyl (C=O) groups is 1. The van der Waals surface area contributed by atoms with Crippen molar-refractivity contribution in [2.24, 2.45) is 0 Å². The third kappa shape index (κ3) is 4.37. The van der Waals surface area contributed by atoms with E-state index in [1.165, 1.54) is 0 Å². The van der Waals surface area contributed by atoms with Crippen molar-refractivity contribution in [1.82, 2.24) is 15.0 Å². The van der Waals surface area contributed by atoms with E-state index in [-0.39, 0.29) is 23.6 Å². The number of carbonyl (C=O) groups excluding carboxylic acids is 1. The van der Waals surface area contributed by atoms with Crippen molar-refractivity contribution in [1.29, 1.82) is 0 Å². The molecule has 7 heteroatoms. The Morgan fingerprint density at radius 1 is 1.31 bits per heavy atom. The van der Waals surface area contributed by atoms with Gasteiger partial charge >= 0.3 is 0 Å². The maximum atomic E-state index is 13.1. The van der Waals surface area contributed by atoms with Crippen molar-refractivity contribution >= 4 is 17.5 Å². The highest BCUT2D eigenvalue weighted by atomic mass is 35.5. The molecule has 2 aromatic heterocycles. The number of piperidine rings is 1. The average Bonchev–Trinajstić information content (AvgIpc) is 3.37. The van der Waals surface area contributed by atoms with E-state index in [1.54, 1.807) is 17.2 Å². The van der Waals surface area contributed by atoms with Crippen LogP contribution in [0.15, 0.2) is 45.5 Å². The van der Waals surface area contributed by atoms with E-state index >= 15 is 0 Å². The van der Waals surface area contributed by atoms with Crippen molar-refractivity contribution in [3.8, 4) is 0 Å². The third-order valence-electron chi connectivity index (χ3n) is 5.22. The van der Waals surface area contributed by atoms with E-state index in [4.69, 9.17) is 20.5 Å². The van der Waals surface area contributed by atoms with Gasteiger partial charge in [0.15, 0.2) is 0 Å². The van der Waals surface area contributed by atoms with Crippen molar-refractivity contribution in [3.05, 3.63) is 70.2 Å². The second-order valence-corrected chi connectivity index (χ2v) is 8.19. The average molecular weight is 414 g/mol. The summed E-state index contributed by atoms with van der Waals surface area (Å²) in [6.45, 7) is 4.68. The zero-order valence-corrected chi connectivity index (χ0v) is 17.4. The van der Waals surface area contributed by atoms with Gasteiger partial charge in [-0.05, 0) is 42.9 Å². The monoisotopic (exact) mass is 413 g/mol. The number of hydrogen-bond donors (Lipinski definition) is 0. The first-order chi connectivity index (χ1) is 14.0. The second-order valence-electron chi connectivity index (χ2n) is 7.75. The lowest BCUT2D eigenvalue weighted by atomic mass is 10.0. The summed E-state index contributed by atoms with van der Waals surface area (Å²) in [6, 6.07) is 9.21. The Labute approximate surface area is 174 Å². The van der Waals surface area contributed by atoms with Gasteiger partial charge in [0.05, 0.1) is 11.9 Å². The highest BCUT2D eigenvalue weighted by Gasteiger charge is 2.33. The van der Waals surface area contributed by atoms with Gasteiger partial charge in [-0.1, -0.05) is 42.7 Å². The molecule has 1 fully saturated rings. The third-order valence-corrected chi connectivity index (χ3v) is 5.45. The van der Waals surface area contributed by atoms with Crippen LogP contribution in [0.3, 0.4) is 0 Å². The van der Waals surface area contributed by atoms with Gasteiger partial charge in [0, 0.05) is 24.1 Å². The summed E-state index contributed by atoms with van der Waals surface area (Å²) in [5.41, 5.74) is 1.83. The van der Waals surface area contributed by atoms with Gasteiger partial charge < -0.3 is 13.8 Å². The fourth-order valence-electron chi connectivity index (χ4n) is 3.64. The van der Waals surface area contributed by atoms with Crippen LogP contribution in [0.25, 0.3) is 0 Å². The van der Waals surface area contributed by atoms with Crippen molar-refractivity contribution in [3.63, 3.8) is 0 Å². The molecule has 1 aliphatic rings. The zero-order chi connectivity index (χ0) is 20.4. The summed E-state index contributed by atoms with van der Waals surface area (Å²) >= 11 is 6.07. The number of aromatic nitrogens is 2. The normalized spacial score (nSPS) is 17.1. The lowest BCUT2D eigenvalue weighted by Crippen LogP contribution is -2.38. The van der Waals surface area contributed by atoms with Crippen LogP contribution in [-0.4, -0.2) is 27.5 Å². The maximum Gasteiger partial charge on any atom is 0.293 e. The van der Waals surface area contributed by atoms with Crippen molar-refractivity contribution in [2.45, 2.75) is 51.5 Å². The standard InChI is InChI=1S/C22H24ClN3O3/c1-14(2)18-12-20(29-25-18)22(27)26-9-4-3-8-19(26)21-24-13-17(28-21)11-15-6-5-7-16(23)10-15/h5-7,10,12-14,19H,3-4,8-9,11H2,1-2H3/t19-/m0/s1. The second kappa shape index (κ2) is 8.41. The molecule has 1 aliphatic heterocycles. The van der Waals surface area contributed by atoms with Crippen LogP contribution in [0.5, 0.6) is 0 Å². The Morgan fingerprint density at radius 2 is 2.17 bits per heavy atom. The van der Waals surface area contributed by atoms with E-state index < -0.39 is 0 Å². The Morgan fingerprint density at radius 3 is 2.93 bits per heavy atom. The minimum atomic E-state index is -0.197. The van der Waals surface area contributed by atoms with Crippen LogP contribution >= 0.6 is 11.6 Å². The minimum Gasteiger partial charge on any atom is -0.443 e. The minimum absolute atomic E-state index is 0.163.